The molecule has 7 heteroatoms. The first kappa shape index (κ1) is 21.2. The molecule has 3 aliphatic rings. The van der Waals surface area contributed by atoms with Gasteiger partial charge in [-0.3, -0.25) is 9.78 Å². The van der Waals surface area contributed by atoms with E-state index in [0.717, 1.165) is 49.3 Å². The fourth-order valence-electron chi connectivity index (χ4n) is 5.37. The minimum atomic E-state index is -0.245. The molecule has 3 fully saturated rings. The van der Waals surface area contributed by atoms with Gasteiger partial charge in [0.25, 0.3) is 5.91 Å². The lowest BCUT2D eigenvalue weighted by Crippen LogP contribution is -2.57. The van der Waals surface area contributed by atoms with E-state index in [-0.39, 0.29) is 23.6 Å². The highest BCUT2D eigenvalue weighted by atomic mass is 16.5. The van der Waals surface area contributed by atoms with Gasteiger partial charge in [-0.05, 0) is 56.9 Å². The zero-order chi connectivity index (χ0) is 22.1. The maximum absolute atomic E-state index is 13.3. The number of carbonyl (C=O) groups is 2. The first-order chi connectivity index (χ1) is 15.6. The largest absolute Gasteiger partial charge is 0.375 e. The lowest BCUT2D eigenvalue weighted by atomic mass is 9.81. The van der Waals surface area contributed by atoms with Gasteiger partial charge in [0.1, 0.15) is 5.69 Å². The number of rotatable bonds is 4. The number of aromatic nitrogens is 1. The number of fused-ring (bicyclic) bond motifs is 1. The third-order valence-electron chi connectivity index (χ3n) is 7.20. The van der Waals surface area contributed by atoms with Crippen LogP contribution in [0.2, 0.25) is 0 Å². The number of nitrogens with zero attached hydrogens (tertiary/aromatic N) is 3. The molecule has 1 unspecified atom stereocenters. The number of urea groups is 1. The van der Waals surface area contributed by atoms with Gasteiger partial charge in [0, 0.05) is 49.9 Å². The van der Waals surface area contributed by atoms with Crippen LogP contribution in [0, 0.1) is 0 Å². The Labute approximate surface area is 189 Å². The van der Waals surface area contributed by atoms with Gasteiger partial charge in [-0.15, -0.1) is 0 Å². The van der Waals surface area contributed by atoms with Crippen LogP contribution in [-0.4, -0.2) is 70.6 Å². The Balaban J connectivity index is 1.27. The zero-order valence-corrected chi connectivity index (χ0v) is 18.8. The molecule has 1 atom stereocenters. The molecule has 1 saturated carbocycles. The maximum Gasteiger partial charge on any atom is 0.317 e. The number of hydrogen-bond acceptors (Lipinski definition) is 4. The maximum atomic E-state index is 13.3. The van der Waals surface area contributed by atoms with E-state index in [4.69, 9.17) is 4.74 Å². The predicted molar refractivity (Wildman–Crippen MR) is 123 cm³/mol. The quantitative estimate of drug-likeness (QED) is 0.795. The molecule has 2 saturated heterocycles. The summed E-state index contributed by atoms with van der Waals surface area (Å²) < 4.78 is 6.32. The monoisotopic (exact) mass is 436 g/mol. The van der Waals surface area contributed by atoms with Crippen LogP contribution >= 0.6 is 0 Å². The summed E-state index contributed by atoms with van der Waals surface area (Å²) in [5.41, 5.74) is 0.281. The van der Waals surface area contributed by atoms with Gasteiger partial charge < -0.3 is 19.9 Å². The van der Waals surface area contributed by atoms with Gasteiger partial charge in [0.15, 0.2) is 0 Å². The summed E-state index contributed by atoms with van der Waals surface area (Å²) in [7, 11) is 0. The number of likely N-dealkylation sites (tertiary alicyclic amines) is 1. The lowest BCUT2D eigenvalue weighted by molar-refractivity contribution is -0.126. The number of nitrogens with one attached hydrogen (secondary N) is 1. The minimum absolute atomic E-state index is 0.00839. The Morgan fingerprint density at radius 2 is 1.94 bits per heavy atom. The Kier molecular flexibility index (Phi) is 5.76. The summed E-state index contributed by atoms with van der Waals surface area (Å²) in [4.78, 5) is 34.4. The second kappa shape index (κ2) is 8.70. The molecule has 2 aromatic rings. The van der Waals surface area contributed by atoms with E-state index in [9.17, 15) is 9.59 Å². The molecule has 0 radical (unpaired) electrons. The van der Waals surface area contributed by atoms with Crippen LogP contribution in [0.1, 0.15) is 55.9 Å². The summed E-state index contributed by atoms with van der Waals surface area (Å²) in [6.45, 7) is 4.59. The van der Waals surface area contributed by atoms with Crippen LogP contribution in [0.25, 0.3) is 10.8 Å². The van der Waals surface area contributed by atoms with E-state index < -0.39 is 0 Å². The van der Waals surface area contributed by atoms with E-state index >= 15 is 0 Å². The van der Waals surface area contributed by atoms with Crippen molar-refractivity contribution in [2.45, 2.75) is 63.1 Å². The molecule has 32 heavy (non-hydrogen) atoms. The Morgan fingerprint density at radius 3 is 2.69 bits per heavy atom. The number of benzene rings is 1. The van der Waals surface area contributed by atoms with Gasteiger partial charge in [0.05, 0.1) is 5.60 Å². The lowest BCUT2D eigenvalue weighted by Gasteiger charge is -2.48. The minimum Gasteiger partial charge on any atom is -0.375 e. The number of amides is 3. The van der Waals surface area contributed by atoms with Crippen molar-refractivity contribution < 1.29 is 14.3 Å². The molecule has 170 valence electrons. The van der Waals surface area contributed by atoms with Crippen LogP contribution in [0.5, 0.6) is 0 Å². The number of pyridine rings is 1. The molecule has 1 aromatic carbocycles. The zero-order valence-electron chi connectivity index (χ0n) is 18.8. The fraction of sp³-hybridized carbons (Fsp3) is 0.560. The van der Waals surface area contributed by atoms with Crippen molar-refractivity contribution in [3.8, 4) is 0 Å². The summed E-state index contributed by atoms with van der Waals surface area (Å²) >= 11 is 0. The van der Waals surface area contributed by atoms with E-state index in [0.29, 0.717) is 38.0 Å². The highest BCUT2D eigenvalue weighted by Gasteiger charge is 2.46. The first-order valence-corrected chi connectivity index (χ1v) is 11.9. The Bertz CT molecular complexity index is 992. The highest BCUT2D eigenvalue weighted by molar-refractivity contribution is 6.05. The molecule has 7 nitrogen and oxygen atoms in total. The van der Waals surface area contributed by atoms with Crippen molar-refractivity contribution in [2.24, 2.45) is 0 Å². The van der Waals surface area contributed by atoms with Crippen molar-refractivity contribution in [2.75, 3.05) is 26.2 Å². The molecule has 0 bridgehead atoms. The summed E-state index contributed by atoms with van der Waals surface area (Å²) in [6, 6.07) is 10.5. The van der Waals surface area contributed by atoms with E-state index in [1.165, 1.54) is 0 Å². The van der Waals surface area contributed by atoms with E-state index in [1.54, 1.807) is 6.20 Å². The number of hydrogen-bond donors (Lipinski definition) is 1. The van der Waals surface area contributed by atoms with Crippen LogP contribution in [0.4, 0.5) is 4.79 Å². The van der Waals surface area contributed by atoms with Crippen molar-refractivity contribution >= 4 is 22.7 Å². The van der Waals surface area contributed by atoms with Crippen LogP contribution in [-0.2, 0) is 4.74 Å². The summed E-state index contributed by atoms with van der Waals surface area (Å²) in [6.07, 6.45) is 7.25. The number of ether oxygens (including phenoxy) is 1. The van der Waals surface area contributed by atoms with Gasteiger partial charge in [-0.2, -0.15) is 0 Å². The topological polar surface area (TPSA) is 74.8 Å². The third-order valence-corrected chi connectivity index (χ3v) is 7.20. The van der Waals surface area contributed by atoms with Crippen LogP contribution < -0.4 is 5.32 Å². The molecular weight excluding hydrogens is 404 g/mol. The summed E-state index contributed by atoms with van der Waals surface area (Å²) in [5.74, 6) is -0.00839. The standard InChI is InChI=1S/C25H32N4O3/c1-2-26-24(31)29(19-7-8-19)20-10-16-32-25(17-20)11-14-28(15-12-25)23(30)22-21-6-4-3-5-18(21)9-13-27-22/h3-6,9,13,19-20H,2,7-8,10-12,14-17H2,1H3,(H,26,31). The van der Waals surface area contributed by atoms with Crippen LogP contribution in [0.15, 0.2) is 36.5 Å². The van der Waals surface area contributed by atoms with Crippen LogP contribution in [0.3, 0.4) is 0 Å². The second-order valence-electron chi connectivity index (χ2n) is 9.32. The Hall–Kier alpha value is -2.67. The van der Waals surface area contributed by atoms with Gasteiger partial charge >= 0.3 is 6.03 Å². The first-order valence-electron chi connectivity index (χ1n) is 11.9. The smallest absolute Gasteiger partial charge is 0.317 e. The number of carbonyl (C=O) groups excluding carboxylic acids is 2. The van der Waals surface area contributed by atoms with Crippen molar-refractivity contribution in [1.82, 2.24) is 20.1 Å². The average molecular weight is 437 g/mol. The Morgan fingerprint density at radius 1 is 1.16 bits per heavy atom. The van der Waals surface area contributed by atoms with Gasteiger partial charge in [-0.25, -0.2) is 4.79 Å². The van der Waals surface area contributed by atoms with Gasteiger partial charge in [0.2, 0.25) is 0 Å². The van der Waals surface area contributed by atoms with Crippen molar-refractivity contribution in [1.29, 1.82) is 0 Å². The van der Waals surface area contributed by atoms with Gasteiger partial charge in [-0.1, -0.05) is 24.3 Å². The molecule has 3 heterocycles. The third kappa shape index (κ3) is 4.06. The molecule has 1 spiro atoms. The molecule has 1 N–H and O–H groups in total. The normalized spacial score (nSPS) is 22.7. The van der Waals surface area contributed by atoms with E-state index in [2.05, 4.69) is 15.2 Å². The molecule has 5 rings (SSSR count). The SMILES string of the molecule is CCNC(=O)N(C1CC1)C1CCOC2(CCN(C(=O)c3nccc4ccccc34)CC2)C1. The highest BCUT2D eigenvalue weighted by Crippen LogP contribution is 2.40. The summed E-state index contributed by atoms with van der Waals surface area (Å²) in [5, 5.41) is 4.93. The van der Waals surface area contributed by atoms with Crippen molar-refractivity contribution in [3.05, 3.63) is 42.2 Å². The second-order valence-corrected chi connectivity index (χ2v) is 9.32. The molecule has 2 aliphatic heterocycles. The average Bonchev–Trinajstić information content (AvgIpc) is 3.64. The predicted octanol–water partition coefficient (Wildman–Crippen LogP) is 3.58. The molecular formula is C25H32N4O3. The molecule has 1 aliphatic carbocycles. The number of piperidine rings is 1. The molecule has 1 aromatic heterocycles. The van der Waals surface area contributed by atoms with Crippen molar-refractivity contribution in [3.63, 3.8) is 0 Å². The molecule has 3 amide bonds. The fourth-order valence-corrected chi connectivity index (χ4v) is 5.37. The van der Waals surface area contributed by atoms with E-state index in [1.807, 2.05) is 42.2 Å².